The number of rotatable bonds is 3. The lowest BCUT2D eigenvalue weighted by atomic mass is 9.98. The summed E-state index contributed by atoms with van der Waals surface area (Å²) in [6, 6.07) is 0. The van der Waals surface area contributed by atoms with E-state index in [4.69, 9.17) is 0 Å². The highest BCUT2D eigenvalue weighted by atomic mass is 16.2. The standard InChI is InChI=1S/C13H24N2O/c1-2-11-3-4-13(16)15(8-6-11)10-12-5-7-14-9-12/h11-12,14H,2-10H2,1H3. The third kappa shape index (κ3) is 2.97. The molecule has 3 nitrogen and oxygen atoms in total. The normalized spacial score (nSPS) is 31.8. The van der Waals surface area contributed by atoms with Crippen molar-refractivity contribution in [2.45, 2.75) is 39.0 Å². The molecular weight excluding hydrogens is 200 g/mol. The van der Waals surface area contributed by atoms with Gasteiger partial charge in [0.25, 0.3) is 0 Å². The lowest BCUT2D eigenvalue weighted by molar-refractivity contribution is -0.131. The van der Waals surface area contributed by atoms with Gasteiger partial charge in [0.15, 0.2) is 0 Å². The van der Waals surface area contributed by atoms with Gasteiger partial charge in [0.1, 0.15) is 0 Å². The summed E-state index contributed by atoms with van der Waals surface area (Å²) in [7, 11) is 0. The molecule has 0 aliphatic carbocycles. The summed E-state index contributed by atoms with van der Waals surface area (Å²) < 4.78 is 0. The highest BCUT2D eigenvalue weighted by Crippen LogP contribution is 2.22. The largest absolute Gasteiger partial charge is 0.342 e. The molecule has 0 spiro atoms. The third-order valence-corrected chi connectivity index (χ3v) is 4.14. The zero-order valence-electron chi connectivity index (χ0n) is 10.4. The van der Waals surface area contributed by atoms with Crippen LogP contribution in [0.1, 0.15) is 39.0 Å². The Morgan fingerprint density at radius 1 is 1.31 bits per heavy atom. The average molecular weight is 224 g/mol. The monoisotopic (exact) mass is 224 g/mol. The van der Waals surface area contributed by atoms with Gasteiger partial charge >= 0.3 is 0 Å². The number of likely N-dealkylation sites (tertiary alicyclic amines) is 1. The Labute approximate surface area is 98.6 Å². The first-order valence-electron chi connectivity index (χ1n) is 6.78. The molecule has 1 N–H and O–H groups in total. The van der Waals surface area contributed by atoms with E-state index in [0.29, 0.717) is 11.8 Å². The second-order valence-corrected chi connectivity index (χ2v) is 5.30. The zero-order chi connectivity index (χ0) is 11.4. The van der Waals surface area contributed by atoms with Crippen molar-refractivity contribution in [1.82, 2.24) is 10.2 Å². The van der Waals surface area contributed by atoms with Crippen LogP contribution in [0.5, 0.6) is 0 Å². The number of nitrogens with one attached hydrogen (secondary N) is 1. The van der Waals surface area contributed by atoms with E-state index in [1.807, 2.05) is 0 Å². The Bertz CT molecular complexity index is 236. The summed E-state index contributed by atoms with van der Waals surface area (Å²) in [5.41, 5.74) is 0. The van der Waals surface area contributed by atoms with Crippen molar-refractivity contribution in [1.29, 1.82) is 0 Å². The Balaban J connectivity index is 1.85. The molecule has 92 valence electrons. The summed E-state index contributed by atoms with van der Waals surface area (Å²) >= 11 is 0. The number of carbonyl (C=O) groups is 1. The van der Waals surface area contributed by atoms with Crippen LogP contribution in [0, 0.1) is 11.8 Å². The quantitative estimate of drug-likeness (QED) is 0.790. The van der Waals surface area contributed by atoms with E-state index < -0.39 is 0 Å². The molecule has 3 heteroatoms. The highest BCUT2D eigenvalue weighted by molar-refractivity contribution is 5.76. The van der Waals surface area contributed by atoms with Gasteiger partial charge in [-0.25, -0.2) is 0 Å². The maximum atomic E-state index is 12.0. The fourth-order valence-corrected chi connectivity index (χ4v) is 2.88. The first-order valence-corrected chi connectivity index (χ1v) is 6.78. The van der Waals surface area contributed by atoms with Crippen LogP contribution in [0.2, 0.25) is 0 Å². The van der Waals surface area contributed by atoms with Gasteiger partial charge in [0.2, 0.25) is 5.91 Å². The minimum Gasteiger partial charge on any atom is -0.342 e. The number of nitrogens with zero attached hydrogens (tertiary/aromatic N) is 1. The Morgan fingerprint density at radius 3 is 2.88 bits per heavy atom. The number of carbonyl (C=O) groups excluding carboxylic acids is 1. The summed E-state index contributed by atoms with van der Waals surface area (Å²) in [4.78, 5) is 14.1. The van der Waals surface area contributed by atoms with Gasteiger partial charge in [-0.3, -0.25) is 4.79 Å². The predicted molar refractivity (Wildman–Crippen MR) is 65.2 cm³/mol. The molecule has 2 fully saturated rings. The van der Waals surface area contributed by atoms with Crippen molar-refractivity contribution in [3.05, 3.63) is 0 Å². The van der Waals surface area contributed by atoms with Crippen molar-refractivity contribution in [2.24, 2.45) is 11.8 Å². The molecule has 0 aromatic heterocycles. The van der Waals surface area contributed by atoms with Gasteiger partial charge in [0.05, 0.1) is 0 Å². The minimum absolute atomic E-state index is 0.392. The summed E-state index contributed by atoms with van der Waals surface area (Å²) in [6.07, 6.45) is 5.56. The molecule has 0 aromatic carbocycles. The van der Waals surface area contributed by atoms with Crippen LogP contribution in [0.15, 0.2) is 0 Å². The number of hydrogen-bond acceptors (Lipinski definition) is 2. The Hall–Kier alpha value is -0.570. The maximum Gasteiger partial charge on any atom is 0.222 e. The fraction of sp³-hybridized carbons (Fsp3) is 0.923. The van der Waals surface area contributed by atoms with Gasteiger partial charge in [-0.2, -0.15) is 0 Å². The van der Waals surface area contributed by atoms with Crippen LogP contribution in [0.4, 0.5) is 0 Å². The van der Waals surface area contributed by atoms with Crippen LogP contribution in [0.3, 0.4) is 0 Å². The molecule has 2 rings (SSSR count). The molecule has 16 heavy (non-hydrogen) atoms. The maximum absolute atomic E-state index is 12.0. The molecule has 2 saturated heterocycles. The first-order chi connectivity index (χ1) is 7.79. The summed E-state index contributed by atoms with van der Waals surface area (Å²) in [5.74, 6) is 1.86. The molecule has 1 amide bonds. The van der Waals surface area contributed by atoms with E-state index in [9.17, 15) is 4.79 Å². The minimum atomic E-state index is 0.392. The van der Waals surface area contributed by atoms with Crippen molar-refractivity contribution in [3.8, 4) is 0 Å². The van der Waals surface area contributed by atoms with E-state index in [1.54, 1.807) is 0 Å². The van der Waals surface area contributed by atoms with E-state index in [1.165, 1.54) is 19.3 Å². The topological polar surface area (TPSA) is 32.3 Å². The van der Waals surface area contributed by atoms with Crippen molar-refractivity contribution < 1.29 is 4.79 Å². The second kappa shape index (κ2) is 5.67. The molecule has 2 aliphatic heterocycles. The van der Waals surface area contributed by atoms with Crippen molar-refractivity contribution in [2.75, 3.05) is 26.2 Å². The van der Waals surface area contributed by atoms with Gasteiger partial charge < -0.3 is 10.2 Å². The summed E-state index contributed by atoms with van der Waals surface area (Å²) in [5, 5.41) is 3.37. The van der Waals surface area contributed by atoms with Crippen molar-refractivity contribution in [3.63, 3.8) is 0 Å². The Morgan fingerprint density at radius 2 is 2.19 bits per heavy atom. The van der Waals surface area contributed by atoms with E-state index >= 15 is 0 Å². The van der Waals surface area contributed by atoms with Crippen molar-refractivity contribution >= 4 is 5.91 Å². The molecule has 0 radical (unpaired) electrons. The Kier molecular flexibility index (Phi) is 4.22. The van der Waals surface area contributed by atoms with Crippen LogP contribution < -0.4 is 5.32 Å². The second-order valence-electron chi connectivity index (χ2n) is 5.30. The van der Waals surface area contributed by atoms with E-state index in [-0.39, 0.29) is 0 Å². The summed E-state index contributed by atoms with van der Waals surface area (Å²) in [6.45, 7) is 6.45. The molecular formula is C13H24N2O. The van der Waals surface area contributed by atoms with Crippen LogP contribution in [-0.2, 0) is 4.79 Å². The highest BCUT2D eigenvalue weighted by Gasteiger charge is 2.25. The molecule has 0 saturated carbocycles. The first kappa shape index (κ1) is 11.9. The smallest absolute Gasteiger partial charge is 0.222 e. The molecule has 2 heterocycles. The molecule has 2 unspecified atom stereocenters. The van der Waals surface area contributed by atoms with Gasteiger partial charge in [0, 0.05) is 19.5 Å². The predicted octanol–water partition coefficient (Wildman–Crippen LogP) is 1.63. The van der Waals surface area contributed by atoms with Gasteiger partial charge in [-0.1, -0.05) is 13.3 Å². The van der Waals surface area contributed by atoms with Crippen LogP contribution >= 0.6 is 0 Å². The lowest BCUT2D eigenvalue weighted by Crippen LogP contribution is -2.35. The average Bonchev–Trinajstić information content (AvgIpc) is 2.73. The lowest BCUT2D eigenvalue weighted by Gasteiger charge is -2.24. The van der Waals surface area contributed by atoms with Gasteiger partial charge in [-0.05, 0) is 44.2 Å². The van der Waals surface area contributed by atoms with Crippen LogP contribution in [-0.4, -0.2) is 37.0 Å². The molecule has 2 aliphatic rings. The molecule has 2 atom stereocenters. The SMILES string of the molecule is CCC1CCC(=O)N(CC2CCNC2)CC1. The zero-order valence-corrected chi connectivity index (χ0v) is 10.4. The molecule has 0 aromatic rings. The number of hydrogen-bond donors (Lipinski definition) is 1. The third-order valence-electron chi connectivity index (χ3n) is 4.14. The molecule has 0 bridgehead atoms. The van der Waals surface area contributed by atoms with E-state index in [2.05, 4.69) is 17.1 Å². The van der Waals surface area contributed by atoms with E-state index in [0.717, 1.165) is 44.9 Å². The van der Waals surface area contributed by atoms with Gasteiger partial charge in [-0.15, -0.1) is 0 Å². The fourth-order valence-electron chi connectivity index (χ4n) is 2.88. The number of amides is 1. The van der Waals surface area contributed by atoms with Crippen LogP contribution in [0.25, 0.3) is 0 Å².